The van der Waals surface area contributed by atoms with E-state index in [1.165, 1.54) is 5.57 Å². The van der Waals surface area contributed by atoms with Crippen LogP contribution in [0.2, 0.25) is 0 Å². The Morgan fingerprint density at radius 3 is 2.50 bits per heavy atom. The molecule has 8 heteroatoms. The second-order valence-electron chi connectivity index (χ2n) is 9.73. The molecule has 3 amide bonds. The van der Waals surface area contributed by atoms with Crippen LogP contribution >= 0.6 is 0 Å². The standard InChI is InChI=1S/C22H37N3O5/c1-12(2)7-8-15-21(5,30-15)18-17(28-6)14(9-10-22(18)11-29-22)24-20(27)25-16(13(3)4)19(23)26/h7,13-18H,8-11H2,1-6H3,(H2,23,26)(H2,24,25,27)/t14-,15-,16-,17-,18-,21+,22+/m1/s1. The number of ether oxygens (including phenoxy) is 3. The summed E-state index contributed by atoms with van der Waals surface area (Å²) in [6.07, 6.45) is 4.48. The van der Waals surface area contributed by atoms with Crippen LogP contribution in [0.15, 0.2) is 11.6 Å². The van der Waals surface area contributed by atoms with Crippen LogP contribution in [0.4, 0.5) is 4.79 Å². The van der Waals surface area contributed by atoms with Crippen LogP contribution in [-0.2, 0) is 19.0 Å². The van der Waals surface area contributed by atoms with Gasteiger partial charge in [0.1, 0.15) is 11.6 Å². The summed E-state index contributed by atoms with van der Waals surface area (Å²) in [4.78, 5) is 24.3. The number of amides is 3. The van der Waals surface area contributed by atoms with Crippen molar-refractivity contribution in [3.05, 3.63) is 11.6 Å². The molecule has 0 aromatic rings. The highest BCUT2D eigenvalue weighted by atomic mass is 16.6. The van der Waals surface area contributed by atoms with Gasteiger partial charge in [-0.15, -0.1) is 0 Å². The van der Waals surface area contributed by atoms with Crippen molar-refractivity contribution in [2.45, 2.75) is 89.4 Å². The van der Waals surface area contributed by atoms with Gasteiger partial charge in [0.25, 0.3) is 0 Å². The second kappa shape index (κ2) is 8.48. The molecule has 0 aromatic heterocycles. The minimum absolute atomic E-state index is 0.0154. The average molecular weight is 424 g/mol. The van der Waals surface area contributed by atoms with Crippen molar-refractivity contribution in [1.29, 1.82) is 0 Å². The van der Waals surface area contributed by atoms with Crippen molar-refractivity contribution in [3.8, 4) is 0 Å². The topological polar surface area (TPSA) is 119 Å². The van der Waals surface area contributed by atoms with Crippen molar-refractivity contribution in [3.63, 3.8) is 0 Å². The van der Waals surface area contributed by atoms with Crippen LogP contribution in [0.3, 0.4) is 0 Å². The predicted molar refractivity (Wildman–Crippen MR) is 113 cm³/mol. The Kier molecular flexibility index (Phi) is 6.51. The summed E-state index contributed by atoms with van der Waals surface area (Å²) in [5.41, 5.74) is 6.10. The zero-order valence-electron chi connectivity index (χ0n) is 19.0. The van der Waals surface area contributed by atoms with Gasteiger partial charge in [-0.25, -0.2) is 4.79 Å². The lowest BCUT2D eigenvalue weighted by Gasteiger charge is -2.43. The first-order chi connectivity index (χ1) is 14.0. The van der Waals surface area contributed by atoms with Crippen molar-refractivity contribution in [2.75, 3.05) is 13.7 Å². The van der Waals surface area contributed by atoms with Gasteiger partial charge >= 0.3 is 6.03 Å². The Bertz CT molecular complexity index is 701. The SMILES string of the molecule is CO[C@@H]1[C@H](NC(=O)N[C@@H](C(N)=O)C(C)C)CC[C@]2(CO2)[C@H]1[C@@]1(C)O[C@@H]1CC=C(C)C. The summed E-state index contributed by atoms with van der Waals surface area (Å²) in [5, 5.41) is 5.72. The Labute approximate surface area is 179 Å². The van der Waals surface area contributed by atoms with Crippen LogP contribution in [-0.4, -0.2) is 61.1 Å². The van der Waals surface area contributed by atoms with Crippen LogP contribution in [0, 0.1) is 11.8 Å². The van der Waals surface area contributed by atoms with E-state index in [0.717, 1.165) is 19.3 Å². The third-order valence-corrected chi connectivity index (χ3v) is 6.87. The van der Waals surface area contributed by atoms with E-state index in [-0.39, 0.29) is 41.3 Å². The number of urea groups is 1. The quantitative estimate of drug-likeness (QED) is 0.407. The maximum absolute atomic E-state index is 12.6. The van der Waals surface area contributed by atoms with Gasteiger partial charge in [-0.3, -0.25) is 4.79 Å². The number of nitrogens with one attached hydrogen (secondary N) is 2. The maximum Gasteiger partial charge on any atom is 0.315 e. The smallest absolute Gasteiger partial charge is 0.315 e. The largest absolute Gasteiger partial charge is 0.379 e. The molecule has 2 saturated heterocycles. The molecule has 1 saturated carbocycles. The summed E-state index contributed by atoms with van der Waals surface area (Å²) in [7, 11) is 1.67. The van der Waals surface area contributed by atoms with Gasteiger partial charge in [0, 0.05) is 13.0 Å². The Morgan fingerprint density at radius 1 is 1.33 bits per heavy atom. The van der Waals surface area contributed by atoms with Crippen LogP contribution in [0.5, 0.6) is 0 Å². The molecule has 3 rings (SSSR count). The van der Waals surface area contributed by atoms with Crippen molar-refractivity contribution >= 4 is 11.9 Å². The molecule has 1 spiro atoms. The summed E-state index contributed by atoms with van der Waals surface area (Å²) in [6.45, 7) is 10.7. The molecule has 3 fully saturated rings. The number of hydrogen-bond acceptors (Lipinski definition) is 5. The Hall–Kier alpha value is -1.64. The Balaban J connectivity index is 1.71. The minimum Gasteiger partial charge on any atom is -0.379 e. The van der Waals surface area contributed by atoms with Crippen LogP contribution in [0.25, 0.3) is 0 Å². The van der Waals surface area contributed by atoms with Crippen molar-refractivity contribution < 1.29 is 23.8 Å². The van der Waals surface area contributed by atoms with Gasteiger partial charge in [0.2, 0.25) is 5.91 Å². The lowest BCUT2D eigenvalue weighted by molar-refractivity contribution is -0.120. The van der Waals surface area contributed by atoms with Gasteiger partial charge in [-0.2, -0.15) is 0 Å². The fourth-order valence-electron chi connectivity index (χ4n) is 5.06. The highest BCUT2D eigenvalue weighted by Crippen LogP contribution is 2.59. The van der Waals surface area contributed by atoms with Gasteiger partial charge in [0.15, 0.2) is 0 Å². The van der Waals surface area contributed by atoms with Gasteiger partial charge in [-0.1, -0.05) is 25.5 Å². The summed E-state index contributed by atoms with van der Waals surface area (Å²) in [5.74, 6) is -0.624. The van der Waals surface area contributed by atoms with E-state index >= 15 is 0 Å². The number of primary amides is 1. The van der Waals surface area contributed by atoms with Gasteiger partial charge in [0.05, 0.1) is 30.5 Å². The summed E-state index contributed by atoms with van der Waals surface area (Å²) < 4.78 is 18.1. The molecule has 0 radical (unpaired) electrons. The van der Waals surface area contributed by atoms with E-state index in [2.05, 4.69) is 37.5 Å². The van der Waals surface area contributed by atoms with Crippen molar-refractivity contribution in [2.24, 2.45) is 17.6 Å². The molecule has 30 heavy (non-hydrogen) atoms. The first kappa shape index (κ1) is 23.0. The second-order valence-corrected chi connectivity index (χ2v) is 9.73. The molecular formula is C22H37N3O5. The van der Waals surface area contributed by atoms with E-state index in [4.69, 9.17) is 19.9 Å². The number of nitrogens with two attached hydrogens (primary N) is 1. The first-order valence-corrected chi connectivity index (χ1v) is 10.9. The van der Waals surface area contributed by atoms with E-state index in [9.17, 15) is 9.59 Å². The first-order valence-electron chi connectivity index (χ1n) is 10.9. The number of allylic oxidation sites excluding steroid dienone is 1. The number of carbonyl (C=O) groups is 2. The minimum atomic E-state index is -0.721. The number of hydrogen-bond donors (Lipinski definition) is 3. The monoisotopic (exact) mass is 423 g/mol. The summed E-state index contributed by atoms with van der Waals surface area (Å²) >= 11 is 0. The predicted octanol–water partition coefficient (Wildman–Crippen LogP) is 1.87. The van der Waals surface area contributed by atoms with Crippen LogP contribution < -0.4 is 16.4 Å². The fourth-order valence-corrected chi connectivity index (χ4v) is 5.06. The molecule has 3 aliphatic rings. The molecule has 0 aromatic carbocycles. The third kappa shape index (κ3) is 4.50. The molecule has 0 bridgehead atoms. The molecule has 0 unspecified atom stereocenters. The molecule has 2 heterocycles. The number of carbonyl (C=O) groups excluding carboxylic acids is 2. The van der Waals surface area contributed by atoms with Crippen LogP contribution in [0.1, 0.15) is 53.9 Å². The Morgan fingerprint density at radius 2 is 2.00 bits per heavy atom. The molecule has 2 aliphatic heterocycles. The zero-order chi connectivity index (χ0) is 22.3. The molecular weight excluding hydrogens is 386 g/mol. The molecule has 4 N–H and O–H groups in total. The van der Waals surface area contributed by atoms with E-state index in [1.807, 2.05) is 13.8 Å². The highest BCUT2D eigenvalue weighted by molar-refractivity contribution is 5.86. The lowest BCUT2D eigenvalue weighted by Crippen LogP contribution is -2.61. The molecule has 170 valence electrons. The lowest BCUT2D eigenvalue weighted by atomic mass is 9.67. The fraction of sp³-hybridized carbons (Fsp3) is 0.818. The number of rotatable bonds is 8. The van der Waals surface area contributed by atoms with E-state index in [0.29, 0.717) is 6.61 Å². The van der Waals surface area contributed by atoms with Gasteiger partial charge < -0.3 is 30.6 Å². The number of epoxide rings is 2. The average Bonchev–Trinajstić information content (AvgIpc) is 3.56. The highest BCUT2D eigenvalue weighted by Gasteiger charge is 2.71. The van der Waals surface area contributed by atoms with Gasteiger partial charge in [-0.05, 0) is 46.0 Å². The van der Waals surface area contributed by atoms with E-state index in [1.54, 1.807) is 7.11 Å². The molecule has 1 aliphatic carbocycles. The zero-order valence-corrected chi connectivity index (χ0v) is 19.0. The molecule has 8 nitrogen and oxygen atoms in total. The van der Waals surface area contributed by atoms with E-state index < -0.39 is 18.0 Å². The normalized spacial score (nSPS) is 38.1. The van der Waals surface area contributed by atoms with Crippen molar-refractivity contribution in [1.82, 2.24) is 10.6 Å². The maximum atomic E-state index is 12.6. The summed E-state index contributed by atoms with van der Waals surface area (Å²) in [6, 6.07) is -1.34. The number of methoxy groups -OCH3 is 1. The third-order valence-electron chi connectivity index (χ3n) is 6.87. The molecule has 7 atom stereocenters.